The van der Waals surface area contributed by atoms with Crippen LogP contribution in [0.5, 0.6) is 5.75 Å². The molecule has 3 rings (SSSR count). The summed E-state index contributed by atoms with van der Waals surface area (Å²) in [6.07, 6.45) is -0.295. The Kier molecular flexibility index (Phi) is 4.58. The van der Waals surface area contributed by atoms with Crippen molar-refractivity contribution in [3.05, 3.63) is 23.0 Å². The first-order chi connectivity index (χ1) is 11.7. The highest BCUT2D eigenvalue weighted by Crippen LogP contribution is 2.33. The van der Waals surface area contributed by atoms with Gasteiger partial charge >= 0.3 is 6.09 Å². The zero-order chi connectivity index (χ0) is 18.4. The molecule has 0 saturated heterocycles. The number of amides is 1. The first-order valence-electron chi connectivity index (χ1n) is 8.50. The molecular weight excluding hydrogens is 342 g/mol. The normalized spacial score (nSPS) is 17.5. The molecule has 1 aliphatic rings. The van der Waals surface area contributed by atoms with Crippen molar-refractivity contribution in [3.8, 4) is 5.75 Å². The second-order valence-corrected chi connectivity index (χ2v) is 7.70. The quantitative estimate of drug-likeness (QED) is 0.740. The third-order valence-corrected chi connectivity index (χ3v) is 4.31. The van der Waals surface area contributed by atoms with Gasteiger partial charge in [0.1, 0.15) is 11.2 Å². The number of fused-ring (bicyclic) bond motifs is 3. The Bertz CT molecular complexity index is 810. The molecule has 1 amide bonds. The van der Waals surface area contributed by atoms with E-state index in [1.54, 1.807) is 4.90 Å². The Labute approximate surface area is 152 Å². The third-order valence-electron chi connectivity index (χ3n) is 4.04. The summed E-state index contributed by atoms with van der Waals surface area (Å²) in [7, 11) is 0. The van der Waals surface area contributed by atoms with Crippen LogP contribution in [-0.4, -0.2) is 39.3 Å². The number of nitrogens with zero attached hydrogens (tertiary/aromatic N) is 3. The molecule has 0 saturated carbocycles. The number of hydrogen-bond acceptors (Lipinski definition) is 4. The lowest BCUT2D eigenvalue weighted by Crippen LogP contribution is -2.42. The molecule has 1 atom stereocenters. The molecule has 0 spiro atoms. The fourth-order valence-corrected chi connectivity index (χ4v) is 3.35. The molecule has 6 nitrogen and oxygen atoms in total. The van der Waals surface area contributed by atoms with E-state index in [0.717, 1.165) is 16.7 Å². The van der Waals surface area contributed by atoms with Gasteiger partial charge in [-0.1, -0.05) is 11.6 Å². The van der Waals surface area contributed by atoms with Gasteiger partial charge in [-0.3, -0.25) is 0 Å². The zero-order valence-electron chi connectivity index (χ0n) is 15.3. The molecule has 0 bridgehead atoms. The van der Waals surface area contributed by atoms with Crippen LogP contribution in [0.15, 0.2) is 12.1 Å². The van der Waals surface area contributed by atoms with Gasteiger partial charge < -0.3 is 18.9 Å². The minimum absolute atomic E-state index is 0.0790. The molecule has 0 N–H and O–H groups in total. The summed E-state index contributed by atoms with van der Waals surface area (Å²) in [5.41, 5.74) is 1.32. The average Bonchev–Trinajstić information content (AvgIpc) is 2.84. The highest BCUT2D eigenvalue weighted by molar-refractivity contribution is 6.31. The number of ether oxygens (including phenoxy) is 2. The number of rotatable bonds is 2. The summed E-state index contributed by atoms with van der Waals surface area (Å²) < 4.78 is 13.2. The van der Waals surface area contributed by atoms with Gasteiger partial charge in [0.05, 0.1) is 19.2 Å². The molecular formula is C18H24ClN3O3. The first kappa shape index (κ1) is 17.9. The van der Waals surface area contributed by atoms with Crippen LogP contribution in [0, 0.1) is 0 Å². The predicted octanol–water partition coefficient (Wildman–Crippen LogP) is 4.40. The number of carbonyl (C=O) groups excluding carboxylic acids is 1. The van der Waals surface area contributed by atoms with Crippen LogP contribution in [0.25, 0.3) is 11.0 Å². The van der Waals surface area contributed by atoms with Gasteiger partial charge in [-0.25, -0.2) is 9.78 Å². The molecule has 0 radical (unpaired) electrons. The SMILES string of the molecule is CCOc1cc2cc3n(c2nc1Cl)C(C)CN(C(=O)OC(C)(C)C)C3. The van der Waals surface area contributed by atoms with Crippen molar-refractivity contribution in [2.45, 2.75) is 52.8 Å². The molecule has 2 aromatic rings. The van der Waals surface area contributed by atoms with E-state index < -0.39 is 5.60 Å². The lowest BCUT2D eigenvalue weighted by Gasteiger charge is -2.34. The maximum Gasteiger partial charge on any atom is 0.410 e. The summed E-state index contributed by atoms with van der Waals surface area (Å²) in [4.78, 5) is 18.7. The van der Waals surface area contributed by atoms with E-state index in [1.807, 2.05) is 39.8 Å². The maximum absolute atomic E-state index is 12.4. The molecule has 1 aliphatic heterocycles. The summed E-state index contributed by atoms with van der Waals surface area (Å²) in [5.74, 6) is 0.580. The van der Waals surface area contributed by atoms with E-state index in [9.17, 15) is 4.79 Å². The highest BCUT2D eigenvalue weighted by atomic mass is 35.5. The molecule has 3 heterocycles. The molecule has 0 aromatic carbocycles. The first-order valence-corrected chi connectivity index (χ1v) is 8.88. The van der Waals surface area contributed by atoms with Crippen LogP contribution < -0.4 is 4.74 Å². The third kappa shape index (κ3) is 3.54. The van der Waals surface area contributed by atoms with Crippen LogP contribution in [-0.2, 0) is 11.3 Å². The van der Waals surface area contributed by atoms with E-state index in [4.69, 9.17) is 21.1 Å². The van der Waals surface area contributed by atoms with E-state index >= 15 is 0 Å². The lowest BCUT2D eigenvalue weighted by molar-refractivity contribution is 0.0175. The van der Waals surface area contributed by atoms with Gasteiger partial charge in [-0.15, -0.1) is 0 Å². The second kappa shape index (κ2) is 6.41. The smallest absolute Gasteiger partial charge is 0.410 e. The molecule has 7 heteroatoms. The van der Waals surface area contributed by atoms with Crippen LogP contribution in [0.1, 0.15) is 46.4 Å². The number of halogens is 1. The Morgan fingerprint density at radius 3 is 2.76 bits per heavy atom. The average molecular weight is 366 g/mol. The molecule has 2 aromatic heterocycles. The highest BCUT2D eigenvalue weighted by Gasteiger charge is 2.30. The van der Waals surface area contributed by atoms with Gasteiger partial charge in [-0.2, -0.15) is 0 Å². The topological polar surface area (TPSA) is 56.6 Å². The van der Waals surface area contributed by atoms with Crippen molar-refractivity contribution in [2.24, 2.45) is 0 Å². The largest absolute Gasteiger partial charge is 0.491 e. The summed E-state index contributed by atoms with van der Waals surface area (Å²) in [5, 5.41) is 1.32. The van der Waals surface area contributed by atoms with Gasteiger partial charge in [0.2, 0.25) is 0 Å². The minimum Gasteiger partial charge on any atom is -0.491 e. The summed E-state index contributed by atoms with van der Waals surface area (Å²) in [6.45, 7) is 11.2. The molecule has 0 aliphatic carbocycles. The van der Waals surface area contributed by atoms with E-state index in [2.05, 4.69) is 16.5 Å². The van der Waals surface area contributed by atoms with Crippen molar-refractivity contribution in [2.75, 3.05) is 13.2 Å². The lowest BCUT2D eigenvalue weighted by atomic mass is 10.2. The molecule has 25 heavy (non-hydrogen) atoms. The predicted molar refractivity (Wildman–Crippen MR) is 97.3 cm³/mol. The Morgan fingerprint density at radius 2 is 2.12 bits per heavy atom. The second-order valence-electron chi connectivity index (χ2n) is 7.34. The van der Waals surface area contributed by atoms with Crippen LogP contribution in [0.3, 0.4) is 0 Å². The molecule has 136 valence electrons. The van der Waals surface area contributed by atoms with Crippen LogP contribution >= 0.6 is 11.6 Å². The number of hydrogen-bond donors (Lipinski definition) is 0. The van der Waals surface area contributed by atoms with E-state index in [-0.39, 0.29) is 12.1 Å². The fourth-order valence-electron chi connectivity index (χ4n) is 3.16. The number of pyridine rings is 1. The van der Waals surface area contributed by atoms with Crippen molar-refractivity contribution in [1.29, 1.82) is 0 Å². The van der Waals surface area contributed by atoms with E-state index in [0.29, 0.717) is 30.6 Å². The monoisotopic (exact) mass is 365 g/mol. The maximum atomic E-state index is 12.4. The van der Waals surface area contributed by atoms with Crippen LogP contribution in [0.2, 0.25) is 5.15 Å². The van der Waals surface area contributed by atoms with Crippen molar-refractivity contribution < 1.29 is 14.3 Å². The van der Waals surface area contributed by atoms with Crippen molar-refractivity contribution in [3.63, 3.8) is 0 Å². The Morgan fingerprint density at radius 1 is 1.40 bits per heavy atom. The van der Waals surface area contributed by atoms with Gasteiger partial charge in [0.15, 0.2) is 10.9 Å². The minimum atomic E-state index is -0.508. The zero-order valence-corrected chi connectivity index (χ0v) is 16.1. The fraction of sp³-hybridized carbons (Fsp3) is 0.556. The van der Waals surface area contributed by atoms with Crippen molar-refractivity contribution >= 4 is 28.7 Å². The van der Waals surface area contributed by atoms with E-state index in [1.165, 1.54) is 0 Å². The summed E-state index contributed by atoms with van der Waals surface area (Å²) in [6, 6.07) is 4.02. The molecule has 1 unspecified atom stereocenters. The standard InChI is InChI=1S/C18H24ClN3O3/c1-6-24-14-8-12-7-13-10-21(17(23)25-18(3,4)5)9-11(2)22(13)16(12)20-15(14)19/h7-8,11H,6,9-10H2,1-5H3. The number of aromatic nitrogens is 2. The molecule has 0 fully saturated rings. The summed E-state index contributed by atoms with van der Waals surface area (Å²) >= 11 is 6.25. The Hall–Kier alpha value is -1.95. The van der Waals surface area contributed by atoms with Gasteiger partial charge in [-0.05, 0) is 46.8 Å². The van der Waals surface area contributed by atoms with Crippen molar-refractivity contribution in [1.82, 2.24) is 14.5 Å². The number of carbonyl (C=O) groups is 1. The Balaban J connectivity index is 1.95. The van der Waals surface area contributed by atoms with Gasteiger partial charge in [0, 0.05) is 17.6 Å². The van der Waals surface area contributed by atoms with Crippen LogP contribution in [0.4, 0.5) is 4.79 Å². The van der Waals surface area contributed by atoms with Gasteiger partial charge in [0.25, 0.3) is 0 Å².